The molecular formula is C31H40N2O7S. The maximum absolute atomic E-state index is 14.3. The first-order valence-corrected chi connectivity index (χ1v) is 15.1. The van der Waals surface area contributed by atoms with E-state index in [1.165, 1.54) is 0 Å². The number of para-hydroxylation sites is 1. The van der Waals surface area contributed by atoms with Crippen LogP contribution in [0.1, 0.15) is 57.3 Å². The molecule has 222 valence electrons. The molecule has 1 saturated heterocycles. The van der Waals surface area contributed by atoms with Crippen LogP contribution >= 0.6 is 11.8 Å². The first kappa shape index (κ1) is 30.7. The van der Waals surface area contributed by atoms with E-state index in [4.69, 9.17) is 14.2 Å². The van der Waals surface area contributed by atoms with Gasteiger partial charge in [-0.3, -0.25) is 14.4 Å². The number of amides is 2. The standard InChI is InChI=1S/C31H40N2O7S/c1-31(2,3)18-33-23-13-12-20(41-6)15-22(23)27(21-10-7-11-24(38-4)28(21)39-5)40-25(29(33)35)16-26(34)32-14-8-9-19(17-32)30(36)37/h7,10-13,15,19,25,27H,8-9,14,16-18H2,1-6H3,(H,36,37)/t19?,25-,27-/m0/s1. The highest BCUT2D eigenvalue weighted by Crippen LogP contribution is 2.46. The number of carbonyl (C=O) groups excluding carboxylic acids is 2. The molecule has 41 heavy (non-hydrogen) atoms. The molecular weight excluding hydrogens is 544 g/mol. The van der Waals surface area contributed by atoms with Gasteiger partial charge in [0.05, 0.1) is 26.6 Å². The molecule has 10 heteroatoms. The number of methoxy groups -OCH3 is 2. The van der Waals surface area contributed by atoms with Crippen LogP contribution in [0.15, 0.2) is 41.3 Å². The number of thioether (sulfide) groups is 1. The molecule has 4 rings (SSSR count). The second kappa shape index (κ2) is 12.7. The summed E-state index contributed by atoms with van der Waals surface area (Å²) in [5.41, 5.74) is 1.95. The number of hydrogen-bond donors (Lipinski definition) is 1. The lowest BCUT2D eigenvalue weighted by atomic mass is 9.94. The molecule has 0 spiro atoms. The summed E-state index contributed by atoms with van der Waals surface area (Å²) in [4.78, 5) is 43.7. The average Bonchev–Trinajstić information content (AvgIpc) is 3.06. The zero-order valence-corrected chi connectivity index (χ0v) is 25.5. The molecule has 2 aliphatic heterocycles. The number of nitrogens with zero attached hydrogens (tertiary/aromatic N) is 2. The van der Waals surface area contributed by atoms with Crippen LogP contribution in [-0.2, 0) is 19.1 Å². The molecule has 0 aliphatic carbocycles. The highest BCUT2D eigenvalue weighted by Gasteiger charge is 2.41. The molecule has 9 nitrogen and oxygen atoms in total. The molecule has 0 radical (unpaired) electrons. The van der Waals surface area contributed by atoms with E-state index < -0.39 is 24.1 Å². The van der Waals surface area contributed by atoms with E-state index in [0.717, 1.165) is 16.1 Å². The van der Waals surface area contributed by atoms with Gasteiger partial charge in [-0.1, -0.05) is 32.9 Å². The molecule has 2 aromatic carbocycles. The minimum atomic E-state index is -1.10. The Morgan fingerprint density at radius 1 is 1.12 bits per heavy atom. The Balaban J connectivity index is 1.82. The lowest BCUT2D eigenvalue weighted by Crippen LogP contribution is -2.47. The third-order valence-electron chi connectivity index (χ3n) is 7.48. The normalized spacial score (nSPS) is 21.2. The molecule has 2 heterocycles. The summed E-state index contributed by atoms with van der Waals surface area (Å²) in [7, 11) is 3.12. The molecule has 1 fully saturated rings. The van der Waals surface area contributed by atoms with Gasteiger partial charge in [0.2, 0.25) is 5.91 Å². The van der Waals surface area contributed by atoms with Gasteiger partial charge in [0.1, 0.15) is 12.2 Å². The number of likely N-dealkylation sites (tertiary alicyclic amines) is 1. The Kier molecular flexibility index (Phi) is 9.54. The second-order valence-corrected chi connectivity index (χ2v) is 12.6. The summed E-state index contributed by atoms with van der Waals surface area (Å²) in [6, 6.07) is 11.5. The number of carbonyl (C=O) groups is 3. The Morgan fingerprint density at radius 2 is 1.88 bits per heavy atom. The minimum Gasteiger partial charge on any atom is -0.493 e. The molecule has 1 unspecified atom stereocenters. The van der Waals surface area contributed by atoms with Crippen LogP contribution in [0.3, 0.4) is 0 Å². The monoisotopic (exact) mass is 584 g/mol. The van der Waals surface area contributed by atoms with Gasteiger partial charge in [-0.05, 0) is 48.8 Å². The molecule has 0 saturated carbocycles. The summed E-state index contributed by atoms with van der Waals surface area (Å²) in [5, 5.41) is 9.53. The first-order valence-electron chi connectivity index (χ1n) is 13.8. The molecule has 0 bridgehead atoms. The number of hydrogen-bond acceptors (Lipinski definition) is 7. The van der Waals surface area contributed by atoms with Crippen LogP contribution in [-0.4, -0.2) is 74.0 Å². The Labute approximate surface area is 246 Å². The van der Waals surface area contributed by atoms with Gasteiger partial charge in [-0.2, -0.15) is 0 Å². The number of benzene rings is 2. The Morgan fingerprint density at radius 3 is 2.51 bits per heavy atom. The van der Waals surface area contributed by atoms with E-state index in [1.807, 2.05) is 36.6 Å². The van der Waals surface area contributed by atoms with Crippen LogP contribution in [0.2, 0.25) is 0 Å². The van der Waals surface area contributed by atoms with Crippen LogP contribution in [0.25, 0.3) is 0 Å². The number of aliphatic carboxylic acids is 1. The van der Waals surface area contributed by atoms with E-state index in [-0.39, 0.29) is 30.2 Å². The zero-order valence-electron chi connectivity index (χ0n) is 24.6. The van der Waals surface area contributed by atoms with Gasteiger partial charge >= 0.3 is 5.97 Å². The van der Waals surface area contributed by atoms with Gasteiger partial charge in [-0.25, -0.2) is 0 Å². The SMILES string of the molecule is COc1cccc([C@@H]2O[C@@H](CC(=O)N3CCCC(C(=O)O)C3)C(=O)N(CC(C)(C)C)c3ccc(SC)cc32)c1OC. The predicted molar refractivity (Wildman–Crippen MR) is 158 cm³/mol. The van der Waals surface area contributed by atoms with Crippen molar-refractivity contribution >= 4 is 35.2 Å². The van der Waals surface area contributed by atoms with Gasteiger partial charge < -0.3 is 29.1 Å². The van der Waals surface area contributed by atoms with Gasteiger partial charge in [0.15, 0.2) is 11.5 Å². The summed E-state index contributed by atoms with van der Waals surface area (Å²) in [6.07, 6.45) is 1.09. The lowest BCUT2D eigenvalue weighted by Gasteiger charge is -2.33. The Hall–Kier alpha value is -3.24. The van der Waals surface area contributed by atoms with Crippen molar-refractivity contribution in [2.75, 3.05) is 45.0 Å². The van der Waals surface area contributed by atoms with Gasteiger partial charge in [-0.15, -0.1) is 11.8 Å². The van der Waals surface area contributed by atoms with E-state index in [1.54, 1.807) is 41.8 Å². The molecule has 1 N–H and O–H groups in total. The largest absolute Gasteiger partial charge is 0.493 e. The van der Waals surface area contributed by atoms with Crippen molar-refractivity contribution in [3.05, 3.63) is 47.5 Å². The first-order chi connectivity index (χ1) is 19.5. The van der Waals surface area contributed by atoms with E-state index in [0.29, 0.717) is 43.0 Å². The van der Waals surface area contributed by atoms with Crippen molar-refractivity contribution in [3.63, 3.8) is 0 Å². The van der Waals surface area contributed by atoms with Crippen molar-refractivity contribution < 1.29 is 33.7 Å². The molecule has 2 aromatic rings. The maximum Gasteiger partial charge on any atom is 0.308 e. The lowest BCUT2D eigenvalue weighted by molar-refractivity contribution is -0.148. The fourth-order valence-electron chi connectivity index (χ4n) is 5.53. The maximum atomic E-state index is 14.3. The molecule has 2 amide bonds. The number of ether oxygens (including phenoxy) is 3. The van der Waals surface area contributed by atoms with Crippen LogP contribution in [0.5, 0.6) is 11.5 Å². The summed E-state index contributed by atoms with van der Waals surface area (Å²) >= 11 is 1.59. The fraction of sp³-hybridized carbons (Fsp3) is 0.516. The number of rotatable bonds is 8. The average molecular weight is 585 g/mol. The van der Waals surface area contributed by atoms with Crippen molar-refractivity contribution in [1.82, 2.24) is 4.90 Å². The fourth-order valence-corrected chi connectivity index (χ4v) is 5.98. The summed E-state index contributed by atoms with van der Waals surface area (Å²) < 4.78 is 18.0. The van der Waals surface area contributed by atoms with Crippen molar-refractivity contribution in [2.24, 2.45) is 11.3 Å². The third kappa shape index (κ3) is 6.81. The van der Waals surface area contributed by atoms with Crippen molar-refractivity contribution in [3.8, 4) is 11.5 Å². The highest BCUT2D eigenvalue weighted by molar-refractivity contribution is 7.98. The minimum absolute atomic E-state index is 0.130. The molecule has 0 aromatic heterocycles. The third-order valence-corrected chi connectivity index (χ3v) is 8.21. The van der Waals surface area contributed by atoms with Crippen LogP contribution in [0, 0.1) is 11.3 Å². The van der Waals surface area contributed by atoms with E-state index >= 15 is 0 Å². The number of piperidine rings is 1. The zero-order chi connectivity index (χ0) is 29.9. The quantitative estimate of drug-likeness (QED) is 0.432. The van der Waals surface area contributed by atoms with Crippen molar-refractivity contribution in [1.29, 1.82) is 0 Å². The highest BCUT2D eigenvalue weighted by atomic mass is 32.2. The summed E-state index contributed by atoms with van der Waals surface area (Å²) in [5.74, 6) is -1.11. The number of anilines is 1. The molecule has 2 aliphatic rings. The van der Waals surface area contributed by atoms with E-state index in [2.05, 4.69) is 20.8 Å². The van der Waals surface area contributed by atoms with E-state index in [9.17, 15) is 19.5 Å². The van der Waals surface area contributed by atoms with Crippen molar-refractivity contribution in [2.45, 2.75) is 57.1 Å². The van der Waals surface area contributed by atoms with Crippen LogP contribution < -0.4 is 14.4 Å². The number of carboxylic acids is 1. The topological polar surface area (TPSA) is 106 Å². The smallest absolute Gasteiger partial charge is 0.308 e. The number of fused-ring (bicyclic) bond motifs is 1. The summed E-state index contributed by atoms with van der Waals surface area (Å²) in [6.45, 7) is 7.18. The van der Waals surface area contributed by atoms with Crippen LogP contribution in [0.4, 0.5) is 5.69 Å². The van der Waals surface area contributed by atoms with Gasteiger partial charge in [0, 0.05) is 41.3 Å². The Bertz CT molecular complexity index is 1290. The molecule has 3 atom stereocenters. The number of carboxylic acid groups (broad SMARTS) is 1. The second-order valence-electron chi connectivity index (χ2n) is 11.7. The van der Waals surface area contributed by atoms with Gasteiger partial charge in [0.25, 0.3) is 5.91 Å². The predicted octanol–water partition coefficient (Wildman–Crippen LogP) is 5.01.